The van der Waals surface area contributed by atoms with E-state index in [1.807, 2.05) is 0 Å². The lowest BCUT2D eigenvalue weighted by atomic mass is 10.1. The van der Waals surface area contributed by atoms with Gasteiger partial charge < -0.3 is 10.1 Å². The zero-order valence-electron chi connectivity index (χ0n) is 10.7. The van der Waals surface area contributed by atoms with E-state index in [9.17, 15) is 9.59 Å². The molecule has 0 radical (unpaired) electrons. The number of unbranched alkanes of at least 4 members (excludes halogenated alkanes) is 2. The van der Waals surface area contributed by atoms with Crippen LogP contribution in [0.25, 0.3) is 0 Å². The Morgan fingerprint density at radius 3 is 2.39 bits per heavy atom. The van der Waals surface area contributed by atoms with Gasteiger partial charge in [-0.15, -0.1) is 23.2 Å². The van der Waals surface area contributed by atoms with E-state index in [-0.39, 0.29) is 11.9 Å². The Kier molecular flexibility index (Phi) is 5.29. The summed E-state index contributed by atoms with van der Waals surface area (Å²) < 4.78 is 3.62. The molecule has 0 heterocycles. The van der Waals surface area contributed by atoms with Crippen LogP contribution in [0.3, 0.4) is 0 Å². The van der Waals surface area contributed by atoms with E-state index in [0.29, 0.717) is 19.4 Å². The molecule has 1 aliphatic rings. The number of nitrogens with one attached hydrogen (secondary N) is 1. The first-order chi connectivity index (χ1) is 8.33. The minimum atomic E-state index is -0.915. The van der Waals surface area contributed by atoms with Gasteiger partial charge in [-0.2, -0.15) is 0 Å². The number of carbonyl (C=O) groups is 2. The van der Waals surface area contributed by atoms with Crippen LogP contribution in [0.5, 0.6) is 0 Å². The summed E-state index contributed by atoms with van der Waals surface area (Å²) in [5.74, 6) is -0.293. The summed E-state index contributed by atoms with van der Waals surface area (Å²) in [5, 5.41) is 2.82. The van der Waals surface area contributed by atoms with Gasteiger partial charge in [-0.1, -0.05) is 6.42 Å². The normalized spacial score (nSPS) is 24.4. The third-order valence-electron chi connectivity index (χ3n) is 3.33. The van der Waals surface area contributed by atoms with Crippen LogP contribution in [0.4, 0.5) is 0 Å². The predicted molar refractivity (Wildman–Crippen MR) is 70.7 cm³/mol. The van der Waals surface area contributed by atoms with Crippen molar-refractivity contribution in [3.05, 3.63) is 0 Å². The summed E-state index contributed by atoms with van der Waals surface area (Å²) in [6.07, 6.45) is 3.40. The van der Waals surface area contributed by atoms with E-state index in [2.05, 4.69) is 10.1 Å². The van der Waals surface area contributed by atoms with Crippen LogP contribution in [0.1, 0.15) is 39.0 Å². The number of amides is 1. The number of halogens is 2. The highest BCUT2D eigenvalue weighted by Gasteiger charge is 2.67. The van der Waals surface area contributed by atoms with Gasteiger partial charge in [0.2, 0.25) is 5.91 Å². The Bertz CT molecular complexity index is 333. The summed E-state index contributed by atoms with van der Waals surface area (Å²) >= 11 is 11.8. The quantitative estimate of drug-likeness (QED) is 0.446. The van der Waals surface area contributed by atoms with Crippen molar-refractivity contribution >= 4 is 35.1 Å². The maximum atomic E-state index is 11.8. The molecule has 0 aromatic rings. The van der Waals surface area contributed by atoms with E-state index in [1.165, 1.54) is 7.11 Å². The summed E-state index contributed by atoms with van der Waals surface area (Å²) in [6, 6.07) is 0. The molecule has 0 saturated heterocycles. The molecule has 1 atom stereocenters. The fourth-order valence-corrected chi connectivity index (χ4v) is 2.42. The van der Waals surface area contributed by atoms with Crippen LogP contribution < -0.4 is 5.32 Å². The second-order valence-corrected chi connectivity index (χ2v) is 6.34. The topological polar surface area (TPSA) is 55.4 Å². The van der Waals surface area contributed by atoms with Crippen molar-refractivity contribution in [2.24, 2.45) is 5.41 Å². The van der Waals surface area contributed by atoms with Crippen molar-refractivity contribution in [1.29, 1.82) is 0 Å². The molecule has 18 heavy (non-hydrogen) atoms. The minimum Gasteiger partial charge on any atom is -0.469 e. The molecule has 1 saturated carbocycles. The first-order valence-corrected chi connectivity index (χ1v) is 6.82. The van der Waals surface area contributed by atoms with E-state index in [4.69, 9.17) is 23.2 Å². The number of carbonyl (C=O) groups excluding carboxylic acids is 2. The molecular weight excluding hydrogens is 277 g/mol. The zero-order chi connectivity index (χ0) is 13.8. The van der Waals surface area contributed by atoms with Gasteiger partial charge in [0.1, 0.15) is 4.33 Å². The number of esters is 1. The molecule has 6 heteroatoms. The lowest BCUT2D eigenvalue weighted by molar-refractivity contribution is -0.140. The fourth-order valence-electron chi connectivity index (χ4n) is 1.72. The monoisotopic (exact) mass is 295 g/mol. The molecule has 1 N–H and O–H groups in total. The van der Waals surface area contributed by atoms with Gasteiger partial charge in [-0.3, -0.25) is 9.59 Å². The second kappa shape index (κ2) is 6.11. The Labute approximate surface area is 117 Å². The largest absolute Gasteiger partial charge is 0.469 e. The van der Waals surface area contributed by atoms with Crippen LogP contribution >= 0.6 is 23.2 Å². The SMILES string of the molecule is COC(=O)CCCCCNC(=O)C1(C)CC1(Cl)Cl. The Morgan fingerprint density at radius 1 is 1.28 bits per heavy atom. The third-order valence-corrected chi connectivity index (χ3v) is 4.43. The lowest BCUT2D eigenvalue weighted by Gasteiger charge is -2.12. The smallest absolute Gasteiger partial charge is 0.305 e. The van der Waals surface area contributed by atoms with Crippen LogP contribution in [0, 0.1) is 5.41 Å². The third kappa shape index (κ3) is 3.75. The molecule has 0 spiro atoms. The summed E-state index contributed by atoms with van der Waals surface area (Å²) in [5.41, 5.74) is -0.651. The van der Waals surface area contributed by atoms with Gasteiger partial charge in [0.15, 0.2) is 0 Å². The highest BCUT2D eigenvalue weighted by molar-refractivity contribution is 6.53. The molecule has 1 aliphatic carbocycles. The van der Waals surface area contributed by atoms with Gasteiger partial charge >= 0.3 is 5.97 Å². The number of ether oxygens (including phenoxy) is 1. The maximum absolute atomic E-state index is 11.8. The Balaban J connectivity index is 2.06. The zero-order valence-corrected chi connectivity index (χ0v) is 12.2. The van der Waals surface area contributed by atoms with E-state index in [1.54, 1.807) is 6.92 Å². The number of hydrogen-bond acceptors (Lipinski definition) is 3. The molecular formula is C12H19Cl2NO3. The summed E-state index contributed by atoms with van der Waals surface area (Å²) in [6.45, 7) is 2.35. The van der Waals surface area contributed by atoms with Gasteiger partial charge in [-0.05, 0) is 26.2 Å². The first kappa shape index (κ1) is 15.6. The van der Waals surface area contributed by atoms with Crippen molar-refractivity contribution in [2.75, 3.05) is 13.7 Å². The highest BCUT2D eigenvalue weighted by atomic mass is 35.5. The molecule has 1 unspecified atom stereocenters. The molecule has 0 aromatic heterocycles. The Morgan fingerprint density at radius 2 is 1.89 bits per heavy atom. The molecule has 0 aromatic carbocycles. The molecule has 1 amide bonds. The molecule has 0 aliphatic heterocycles. The number of methoxy groups -OCH3 is 1. The van der Waals surface area contributed by atoms with E-state index in [0.717, 1.165) is 19.3 Å². The number of hydrogen-bond donors (Lipinski definition) is 1. The van der Waals surface area contributed by atoms with Gasteiger partial charge in [0.05, 0.1) is 12.5 Å². The second-order valence-electron chi connectivity index (χ2n) is 4.86. The predicted octanol–water partition coefficient (Wildman–Crippen LogP) is 2.42. The van der Waals surface area contributed by atoms with Crippen molar-refractivity contribution < 1.29 is 14.3 Å². The van der Waals surface area contributed by atoms with Crippen LogP contribution in [0.15, 0.2) is 0 Å². The maximum Gasteiger partial charge on any atom is 0.305 e. The van der Waals surface area contributed by atoms with Gasteiger partial charge in [0.25, 0.3) is 0 Å². The van der Waals surface area contributed by atoms with E-state index >= 15 is 0 Å². The lowest BCUT2D eigenvalue weighted by Crippen LogP contribution is -2.33. The molecule has 1 fully saturated rings. The first-order valence-electron chi connectivity index (χ1n) is 6.06. The summed E-state index contributed by atoms with van der Waals surface area (Å²) in [7, 11) is 1.38. The number of alkyl halides is 2. The molecule has 104 valence electrons. The average Bonchev–Trinajstić information content (AvgIpc) is 2.83. The van der Waals surface area contributed by atoms with Gasteiger partial charge in [0, 0.05) is 13.0 Å². The van der Waals surface area contributed by atoms with Crippen LogP contribution in [-0.4, -0.2) is 29.9 Å². The fraction of sp³-hybridized carbons (Fsp3) is 0.833. The minimum absolute atomic E-state index is 0.0968. The standard InChI is InChI=1S/C12H19Cl2NO3/c1-11(8-12(11,13)14)10(17)15-7-5-3-4-6-9(16)18-2/h3-8H2,1-2H3,(H,15,17). The van der Waals surface area contributed by atoms with Crippen molar-refractivity contribution in [1.82, 2.24) is 5.32 Å². The van der Waals surface area contributed by atoms with Crippen LogP contribution in [-0.2, 0) is 14.3 Å². The Hall–Kier alpha value is -0.480. The van der Waals surface area contributed by atoms with Crippen LogP contribution in [0.2, 0.25) is 0 Å². The van der Waals surface area contributed by atoms with Crippen molar-refractivity contribution in [3.63, 3.8) is 0 Å². The molecule has 4 nitrogen and oxygen atoms in total. The van der Waals surface area contributed by atoms with Crippen molar-refractivity contribution in [2.45, 2.75) is 43.4 Å². The van der Waals surface area contributed by atoms with Crippen molar-refractivity contribution in [3.8, 4) is 0 Å². The van der Waals surface area contributed by atoms with E-state index < -0.39 is 9.75 Å². The highest BCUT2D eigenvalue weighted by Crippen LogP contribution is 2.63. The molecule has 1 rings (SSSR count). The summed E-state index contributed by atoms with van der Waals surface area (Å²) in [4.78, 5) is 22.6. The van der Waals surface area contributed by atoms with Gasteiger partial charge in [-0.25, -0.2) is 0 Å². The number of rotatable bonds is 7. The average molecular weight is 296 g/mol. The molecule has 0 bridgehead atoms.